The van der Waals surface area contributed by atoms with Crippen LogP contribution in [0.4, 0.5) is 4.39 Å². The van der Waals surface area contributed by atoms with Crippen molar-refractivity contribution in [1.82, 2.24) is 4.90 Å². The van der Waals surface area contributed by atoms with Crippen molar-refractivity contribution in [2.24, 2.45) is 0 Å². The topological polar surface area (TPSA) is 40.5 Å². The highest BCUT2D eigenvalue weighted by atomic mass is 79.9. The summed E-state index contributed by atoms with van der Waals surface area (Å²) in [5.41, 5.74) is 0.292. The molecule has 0 unspecified atom stereocenters. The standard InChI is InChI=1S/C14H19BrFNO2/c1-3-10(4-2)17(8-9-18)14(19)11-6-5-7-12(16)13(11)15/h5-7,10,18H,3-4,8-9H2,1-2H3. The SMILES string of the molecule is CCC(CC)N(CCO)C(=O)c1cccc(F)c1Br. The molecule has 1 amide bonds. The van der Waals surface area contributed by atoms with E-state index in [9.17, 15) is 9.18 Å². The van der Waals surface area contributed by atoms with Gasteiger partial charge in [-0.25, -0.2) is 4.39 Å². The lowest BCUT2D eigenvalue weighted by Gasteiger charge is -2.30. The van der Waals surface area contributed by atoms with Crippen molar-refractivity contribution in [3.05, 3.63) is 34.1 Å². The summed E-state index contributed by atoms with van der Waals surface area (Å²) in [5, 5.41) is 9.12. The number of rotatable bonds is 6. The molecule has 1 aromatic rings. The highest BCUT2D eigenvalue weighted by Gasteiger charge is 2.24. The van der Waals surface area contributed by atoms with E-state index in [0.717, 1.165) is 12.8 Å². The zero-order valence-corrected chi connectivity index (χ0v) is 12.8. The summed E-state index contributed by atoms with van der Waals surface area (Å²) in [5.74, 6) is -0.714. The van der Waals surface area contributed by atoms with Gasteiger partial charge in [0.1, 0.15) is 5.82 Å². The number of halogens is 2. The normalized spacial score (nSPS) is 10.8. The van der Waals surface area contributed by atoms with Crippen LogP contribution in [0.3, 0.4) is 0 Å². The van der Waals surface area contributed by atoms with Gasteiger partial charge in [-0.3, -0.25) is 4.79 Å². The molecule has 0 spiro atoms. The molecule has 0 atom stereocenters. The third-order valence-corrected chi connectivity index (χ3v) is 3.97. The summed E-state index contributed by atoms with van der Waals surface area (Å²) >= 11 is 3.11. The van der Waals surface area contributed by atoms with Crippen molar-refractivity contribution in [2.75, 3.05) is 13.2 Å². The van der Waals surface area contributed by atoms with E-state index in [0.29, 0.717) is 5.56 Å². The average Bonchev–Trinajstić information content (AvgIpc) is 2.41. The molecule has 0 fully saturated rings. The van der Waals surface area contributed by atoms with Gasteiger partial charge in [-0.1, -0.05) is 19.9 Å². The van der Waals surface area contributed by atoms with E-state index >= 15 is 0 Å². The molecule has 0 aromatic heterocycles. The van der Waals surface area contributed by atoms with Crippen LogP contribution in [0.25, 0.3) is 0 Å². The van der Waals surface area contributed by atoms with Gasteiger partial charge in [0.05, 0.1) is 16.6 Å². The molecule has 0 aliphatic rings. The Morgan fingerprint density at radius 2 is 2.05 bits per heavy atom. The van der Waals surface area contributed by atoms with Crippen LogP contribution < -0.4 is 0 Å². The van der Waals surface area contributed by atoms with Crippen molar-refractivity contribution >= 4 is 21.8 Å². The molecule has 19 heavy (non-hydrogen) atoms. The summed E-state index contributed by atoms with van der Waals surface area (Å²) in [6, 6.07) is 4.45. The first-order valence-corrected chi connectivity index (χ1v) is 7.21. The summed E-state index contributed by atoms with van der Waals surface area (Å²) < 4.78 is 13.7. The third-order valence-electron chi connectivity index (χ3n) is 3.17. The number of aliphatic hydroxyl groups is 1. The Kier molecular flexibility index (Phi) is 6.45. The van der Waals surface area contributed by atoms with Crippen LogP contribution in [0.15, 0.2) is 22.7 Å². The fourth-order valence-corrected chi connectivity index (χ4v) is 2.54. The van der Waals surface area contributed by atoms with Crippen LogP contribution in [0.5, 0.6) is 0 Å². The van der Waals surface area contributed by atoms with Crippen LogP contribution in [-0.4, -0.2) is 35.1 Å². The molecule has 5 heteroatoms. The summed E-state index contributed by atoms with van der Waals surface area (Å²) in [4.78, 5) is 14.1. The van der Waals surface area contributed by atoms with Crippen LogP contribution in [0.2, 0.25) is 0 Å². The number of hydrogen-bond donors (Lipinski definition) is 1. The molecule has 0 radical (unpaired) electrons. The Bertz CT molecular complexity index is 435. The molecular formula is C14H19BrFNO2. The van der Waals surface area contributed by atoms with Crippen LogP contribution >= 0.6 is 15.9 Å². The number of nitrogens with zero attached hydrogens (tertiary/aromatic N) is 1. The molecule has 0 heterocycles. The molecule has 106 valence electrons. The zero-order chi connectivity index (χ0) is 14.4. The predicted octanol–water partition coefficient (Wildman–Crippen LogP) is 3.21. The van der Waals surface area contributed by atoms with Crippen molar-refractivity contribution in [1.29, 1.82) is 0 Å². The Labute approximate surface area is 121 Å². The third kappa shape index (κ3) is 3.76. The Morgan fingerprint density at radius 3 is 2.58 bits per heavy atom. The number of amides is 1. The zero-order valence-electron chi connectivity index (χ0n) is 11.2. The van der Waals surface area contributed by atoms with E-state index < -0.39 is 5.82 Å². The predicted molar refractivity (Wildman–Crippen MR) is 76.6 cm³/mol. The van der Waals surface area contributed by atoms with Gasteiger partial charge in [0.15, 0.2) is 0 Å². The fourth-order valence-electron chi connectivity index (χ4n) is 2.11. The second-order valence-corrected chi connectivity index (χ2v) is 5.09. The number of carbonyl (C=O) groups is 1. The van der Waals surface area contributed by atoms with Crippen molar-refractivity contribution in [3.8, 4) is 0 Å². The monoisotopic (exact) mass is 331 g/mol. The second kappa shape index (κ2) is 7.60. The molecule has 1 rings (SSSR count). The van der Waals surface area contributed by atoms with E-state index in [4.69, 9.17) is 5.11 Å². The number of benzene rings is 1. The van der Waals surface area contributed by atoms with E-state index in [1.807, 2.05) is 13.8 Å². The van der Waals surface area contributed by atoms with Gasteiger partial charge < -0.3 is 10.0 Å². The largest absolute Gasteiger partial charge is 0.395 e. The lowest BCUT2D eigenvalue weighted by Crippen LogP contribution is -2.41. The van der Waals surface area contributed by atoms with Gasteiger partial charge >= 0.3 is 0 Å². The van der Waals surface area contributed by atoms with Gasteiger partial charge in [0, 0.05) is 12.6 Å². The number of carbonyl (C=O) groups excluding carboxylic acids is 1. The Morgan fingerprint density at radius 1 is 1.42 bits per heavy atom. The number of aliphatic hydroxyl groups excluding tert-OH is 1. The maximum Gasteiger partial charge on any atom is 0.255 e. The molecule has 0 saturated carbocycles. The summed E-state index contributed by atoms with van der Waals surface area (Å²) in [6.07, 6.45) is 1.60. The smallest absolute Gasteiger partial charge is 0.255 e. The summed E-state index contributed by atoms with van der Waals surface area (Å²) in [6.45, 7) is 4.14. The second-order valence-electron chi connectivity index (χ2n) is 4.29. The first-order valence-electron chi connectivity index (χ1n) is 6.42. The van der Waals surface area contributed by atoms with E-state index in [1.54, 1.807) is 11.0 Å². The maximum absolute atomic E-state index is 13.5. The molecule has 0 bridgehead atoms. The van der Waals surface area contributed by atoms with Crippen LogP contribution in [-0.2, 0) is 0 Å². The lowest BCUT2D eigenvalue weighted by atomic mass is 10.1. The first kappa shape index (κ1) is 16.1. The minimum atomic E-state index is -0.459. The molecule has 1 N–H and O–H groups in total. The summed E-state index contributed by atoms with van der Waals surface area (Å²) in [7, 11) is 0. The van der Waals surface area contributed by atoms with Gasteiger partial charge in [-0.05, 0) is 40.9 Å². The maximum atomic E-state index is 13.5. The van der Waals surface area contributed by atoms with Crippen molar-refractivity contribution < 1.29 is 14.3 Å². The molecular weight excluding hydrogens is 313 g/mol. The van der Waals surface area contributed by atoms with Gasteiger partial charge in [-0.15, -0.1) is 0 Å². The minimum absolute atomic E-state index is 0.0508. The fraction of sp³-hybridized carbons (Fsp3) is 0.500. The minimum Gasteiger partial charge on any atom is -0.395 e. The highest BCUT2D eigenvalue weighted by Crippen LogP contribution is 2.23. The first-order chi connectivity index (χ1) is 9.06. The molecule has 0 aliphatic heterocycles. The van der Waals surface area contributed by atoms with Crippen LogP contribution in [0, 0.1) is 5.82 Å². The van der Waals surface area contributed by atoms with Gasteiger partial charge in [0.25, 0.3) is 5.91 Å². The lowest BCUT2D eigenvalue weighted by molar-refractivity contribution is 0.0621. The van der Waals surface area contributed by atoms with Gasteiger partial charge in [0.2, 0.25) is 0 Å². The van der Waals surface area contributed by atoms with Crippen LogP contribution in [0.1, 0.15) is 37.0 Å². The number of hydrogen-bond acceptors (Lipinski definition) is 2. The highest BCUT2D eigenvalue weighted by molar-refractivity contribution is 9.10. The van der Waals surface area contributed by atoms with E-state index in [2.05, 4.69) is 15.9 Å². The Hall–Kier alpha value is -0.940. The molecule has 3 nitrogen and oxygen atoms in total. The molecule has 0 aliphatic carbocycles. The quantitative estimate of drug-likeness (QED) is 0.869. The van der Waals surface area contributed by atoms with Crippen molar-refractivity contribution in [2.45, 2.75) is 32.7 Å². The molecule has 1 aromatic carbocycles. The van der Waals surface area contributed by atoms with Gasteiger partial charge in [-0.2, -0.15) is 0 Å². The van der Waals surface area contributed by atoms with E-state index in [-0.39, 0.29) is 29.6 Å². The van der Waals surface area contributed by atoms with Crippen molar-refractivity contribution in [3.63, 3.8) is 0 Å². The average molecular weight is 332 g/mol. The molecule has 0 saturated heterocycles. The Balaban J connectivity index is 3.08. The van der Waals surface area contributed by atoms with E-state index in [1.165, 1.54) is 12.1 Å².